The van der Waals surface area contributed by atoms with E-state index in [4.69, 9.17) is 9.47 Å². The summed E-state index contributed by atoms with van der Waals surface area (Å²) in [5.74, 6) is 2.55. The Morgan fingerprint density at radius 2 is 1.75 bits per heavy atom. The van der Waals surface area contributed by atoms with E-state index in [1.54, 1.807) is 11.8 Å². The van der Waals surface area contributed by atoms with Crippen molar-refractivity contribution in [3.63, 3.8) is 0 Å². The number of aromatic nitrogens is 3. The zero-order valence-corrected chi connectivity index (χ0v) is 16.8. The summed E-state index contributed by atoms with van der Waals surface area (Å²) in [6.07, 6.45) is 0. The normalized spacial score (nSPS) is 14.2. The molecule has 2 aromatic carbocycles. The third-order valence-electron chi connectivity index (χ3n) is 4.53. The number of thioether (sulfide) groups is 1. The Bertz CT molecular complexity index is 877. The second-order valence-corrected chi connectivity index (χ2v) is 7.63. The smallest absolute Gasteiger partial charge is 0.232 e. The summed E-state index contributed by atoms with van der Waals surface area (Å²) in [4.78, 5) is 2.24. The number of rotatable bonds is 7. The molecule has 146 valence electrons. The van der Waals surface area contributed by atoms with Crippen molar-refractivity contribution in [3.05, 3.63) is 60.2 Å². The van der Waals surface area contributed by atoms with E-state index < -0.39 is 0 Å². The van der Waals surface area contributed by atoms with Gasteiger partial charge in [-0.2, -0.15) is 0 Å². The van der Waals surface area contributed by atoms with E-state index in [2.05, 4.69) is 50.9 Å². The molecule has 0 aliphatic carbocycles. The van der Waals surface area contributed by atoms with Crippen LogP contribution in [0.4, 0.5) is 5.95 Å². The Labute approximate surface area is 169 Å². The molecule has 1 aliphatic heterocycles. The van der Waals surface area contributed by atoms with Crippen molar-refractivity contribution in [1.82, 2.24) is 14.8 Å². The van der Waals surface area contributed by atoms with Crippen LogP contribution in [0.25, 0.3) is 5.69 Å². The fourth-order valence-electron chi connectivity index (χ4n) is 3.05. The van der Waals surface area contributed by atoms with Gasteiger partial charge in [0, 0.05) is 18.8 Å². The second kappa shape index (κ2) is 9.12. The number of nitrogens with zero attached hydrogens (tertiary/aromatic N) is 4. The highest BCUT2D eigenvalue weighted by Crippen LogP contribution is 2.27. The lowest BCUT2D eigenvalue weighted by Crippen LogP contribution is -2.37. The number of morpholine rings is 1. The maximum absolute atomic E-state index is 5.81. The molecule has 0 N–H and O–H groups in total. The molecule has 0 atom stereocenters. The third kappa shape index (κ3) is 4.48. The quantitative estimate of drug-likeness (QED) is 0.449. The minimum Gasteiger partial charge on any atom is -0.493 e. The molecule has 6 nitrogen and oxygen atoms in total. The molecule has 1 fully saturated rings. The molecular formula is C21H24N4O2S. The lowest BCUT2D eigenvalue weighted by Gasteiger charge is -2.28. The van der Waals surface area contributed by atoms with Gasteiger partial charge in [-0.05, 0) is 31.2 Å². The highest BCUT2D eigenvalue weighted by molar-refractivity contribution is 7.99. The van der Waals surface area contributed by atoms with Crippen molar-refractivity contribution in [2.45, 2.75) is 12.1 Å². The number of hydrogen-bond donors (Lipinski definition) is 0. The molecular weight excluding hydrogens is 372 g/mol. The van der Waals surface area contributed by atoms with E-state index in [-0.39, 0.29) is 0 Å². The van der Waals surface area contributed by atoms with Gasteiger partial charge in [0.1, 0.15) is 5.75 Å². The van der Waals surface area contributed by atoms with Crippen LogP contribution in [0.3, 0.4) is 0 Å². The number of hydrogen-bond acceptors (Lipinski definition) is 6. The van der Waals surface area contributed by atoms with Crippen molar-refractivity contribution in [2.24, 2.45) is 0 Å². The molecule has 0 unspecified atom stereocenters. The largest absolute Gasteiger partial charge is 0.493 e. The summed E-state index contributed by atoms with van der Waals surface area (Å²) in [5.41, 5.74) is 2.30. The van der Waals surface area contributed by atoms with E-state index >= 15 is 0 Å². The molecule has 0 bridgehead atoms. The SMILES string of the molecule is Cc1ccc(-n2c(SCCOc3ccccc3)nnc2N2CCOCC2)cc1. The van der Waals surface area contributed by atoms with Crippen LogP contribution < -0.4 is 9.64 Å². The van der Waals surface area contributed by atoms with Gasteiger partial charge in [0.15, 0.2) is 5.16 Å². The molecule has 28 heavy (non-hydrogen) atoms. The van der Waals surface area contributed by atoms with Crippen LogP contribution in [-0.2, 0) is 4.74 Å². The molecule has 1 saturated heterocycles. The fourth-order valence-corrected chi connectivity index (χ4v) is 3.82. The van der Waals surface area contributed by atoms with Crippen molar-refractivity contribution >= 4 is 17.7 Å². The fraction of sp³-hybridized carbons (Fsp3) is 0.333. The van der Waals surface area contributed by atoms with Crippen molar-refractivity contribution in [1.29, 1.82) is 0 Å². The van der Waals surface area contributed by atoms with Crippen LogP contribution in [0.1, 0.15) is 5.56 Å². The molecule has 1 aliphatic rings. The van der Waals surface area contributed by atoms with Crippen molar-refractivity contribution in [2.75, 3.05) is 43.6 Å². The van der Waals surface area contributed by atoms with E-state index in [0.29, 0.717) is 19.8 Å². The van der Waals surface area contributed by atoms with Crippen molar-refractivity contribution < 1.29 is 9.47 Å². The average molecular weight is 397 g/mol. The van der Waals surface area contributed by atoms with E-state index in [1.807, 2.05) is 30.3 Å². The van der Waals surface area contributed by atoms with Gasteiger partial charge >= 0.3 is 0 Å². The summed E-state index contributed by atoms with van der Waals surface area (Å²) in [6, 6.07) is 18.3. The lowest BCUT2D eigenvalue weighted by atomic mass is 10.2. The van der Waals surface area contributed by atoms with Gasteiger partial charge in [0.2, 0.25) is 5.95 Å². The van der Waals surface area contributed by atoms with Gasteiger partial charge in [-0.3, -0.25) is 4.57 Å². The first-order valence-corrected chi connectivity index (χ1v) is 10.5. The monoisotopic (exact) mass is 396 g/mol. The topological polar surface area (TPSA) is 52.4 Å². The van der Waals surface area contributed by atoms with Crippen LogP contribution in [0, 0.1) is 6.92 Å². The van der Waals surface area contributed by atoms with E-state index in [9.17, 15) is 0 Å². The Hall–Kier alpha value is -2.51. The number of para-hydroxylation sites is 1. The molecule has 3 aromatic rings. The van der Waals surface area contributed by atoms with Gasteiger partial charge in [0.25, 0.3) is 0 Å². The zero-order chi connectivity index (χ0) is 19.2. The maximum Gasteiger partial charge on any atom is 0.232 e. The summed E-state index contributed by atoms with van der Waals surface area (Å²) in [6.45, 7) is 5.79. The summed E-state index contributed by atoms with van der Waals surface area (Å²) < 4.78 is 13.4. The first kappa shape index (κ1) is 18.8. The Kier molecular flexibility index (Phi) is 6.14. The molecule has 7 heteroatoms. The van der Waals surface area contributed by atoms with Gasteiger partial charge in [-0.25, -0.2) is 0 Å². The minimum atomic E-state index is 0.613. The number of benzene rings is 2. The standard InChI is InChI=1S/C21H24N4O2S/c1-17-7-9-18(10-8-17)25-20(24-11-13-26-14-12-24)22-23-21(25)28-16-15-27-19-5-3-2-4-6-19/h2-10H,11-16H2,1H3. The van der Waals surface area contributed by atoms with Gasteiger partial charge < -0.3 is 14.4 Å². The third-order valence-corrected chi connectivity index (χ3v) is 5.42. The number of ether oxygens (including phenoxy) is 2. The summed E-state index contributed by atoms with van der Waals surface area (Å²) in [5, 5.41) is 9.85. The Morgan fingerprint density at radius 3 is 2.50 bits per heavy atom. The van der Waals surface area contributed by atoms with Crippen LogP contribution in [0.5, 0.6) is 5.75 Å². The highest BCUT2D eigenvalue weighted by Gasteiger charge is 2.21. The maximum atomic E-state index is 5.81. The molecule has 2 heterocycles. The average Bonchev–Trinajstić information content (AvgIpc) is 3.17. The molecule has 0 saturated carbocycles. The molecule has 4 rings (SSSR count). The predicted octanol–water partition coefficient (Wildman–Crippen LogP) is 3.58. The van der Waals surface area contributed by atoms with E-state index in [1.165, 1.54) is 5.56 Å². The van der Waals surface area contributed by atoms with Crippen LogP contribution >= 0.6 is 11.8 Å². The lowest BCUT2D eigenvalue weighted by molar-refractivity contribution is 0.122. The molecule has 0 radical (unpaired) electrons. The summed E-state index contributed by atoms with van der Waals surface area (Å²) in [7, 11) is 0. The molecule has 0 amide bonds. The van der Waals surface area contributed by atoms with E-state index in [0.717, 1.165) is 41.4 Å². The highest BCUT2D eigenvalue weighted by atomic mass is 32.2. The second-order valence-electron chi connectivity index (χ2n) is 6.56. The Balaban J connectivity index is 1.51. The molecule has 1 aromatic heterocycles. The minimum absolute atomic E-state index is 0.613. The van der Waals surface area contributed by atoms with Gasteiger partial charge in [-0.15, -0.1) is 10.2 Å². The summed E-state index contributed by atoms with van der Waals surface area (Å²) >= 11 is 1.66. The molecule has 0 spiro atoms. The van der Waals surface area contributed by atoms with Crippen LogP contribution in [-0.4, -0.2) is 53.4 Å². The number of aryl methyl sites for hydroxylation is 1. The van der Waals surface area contributed by atoms with Gasteiger partial charge in [0.05, 0.1) is 25.5 Å². The zero-order valence-electron chi connectivity index (χ0n) is 16.0. The number of anilines is 1. The van der Waals surface area contributed by atoms with Crippen LogP contribution in [0.15, 0.2) is 59.8 Å². The first-order chi connectivity index (χ1) is 13.8. The first-order valence-electron chi connectivity index (χ1n) is 9.47. The Morgan fingerprint density at radius 1 is 1.00 bits per heavy atom. The van der Waals surface area contributed by atoms with Crippen molar-refractivity contribution in [3.8, 4) is 11.4 Å². The van der Waals surface area contributed by atoms with Crippen LogP contribution in [0.2, 0.25) is 0 Å². The predicted molar refractivity (Wildman–Crippen MR) is 112 cm³/mol. The van der Waals surface area contributed by atoms with Gasteiger partial charge in [-0.1, -0.05) is 47.7 Å².